The van der Waals surface area contributed by atoms with Crippen molar-refractivity contribution in [1.82, 2.24) is 9.80 Å². The number of rotatable bonds is 3. The van der Waals surface area contributed by atoms with E-state index in [0.29, 0.717) is 38.3 Å². The molecule has 2 unspecified atom stereocenters. The third-order valence-corrected chi connectivity index (χ3v) is 4.17. The van der Waals surface area contributed by atoms with E-state index < -0.39 is 0 Å². The number of carbonyl (C=O) groups excluding carboxylic acids is 1. The molecule has 2 aliphatic heterocycles. The van der Waals surface area contributed by atoms with Crippen LogP contribution in [0.3, 0.4) is 0 Å². The molecule has 0 spiro atoms. The number of hydrogen-bond donors (Lipinski definition) is 1. The van der Waals surface area contributed by atoms with E-state index in [0.717, 1.165) is 19.6 Å². The maximum atomic E-state index is 12.2. The molecule has 0 aromatic heterocycles. The monoisotopic (exact) mass is 255 g/mol. The fourth-order valence-corrected chi connectivity index (χ4v) is 3.00. The third kappa shape index (κ3) is 3.22. The average molecular weight is 255 g/mol. The molecule has 0 bridgehead atoms. The van der Waals surface area contributed by atoms with Gasteiger partial charge in [-0.15, -0.1) is 0 Å². The third-order valence-electron chi connectivity index (χ3n) is 4.17. The fourth-order valence-electron chi connectivity index (χ4n) is 3.00. The Bertz CT molecular complexity index is 279. The molecule has 5 nitrogen and oxygen atoms in total. The molecule has 18 heavy (non-hydrogen) atoms. The summed E-state index contributed by atoms with van der Waals surface area (Å²) in [6, 6.07) is 0.365. The number of nitrogens with two attached hydrogens (primary N) is 1. The van der Waals surface area contributed by atoms with Crippen LogP contribution in [0, 0.1) is 5.92 Å². The zero-order valence-electron chi connectivity index (χ0n) is 11.3. The topological polar surface area (TPSA) is 58.8 Å². The quantitative estimate of drug-likeness (QED) is 0.765. The summed E-state index contributed by atoms with van der Waals surface area (Å²) in [5.41, 5.74) is 5.85. The van der Waals surface area contributed by atoms with Gasteiger partial charge in [0.05, 0.1) is 19.8 Å². The van der Waals surface area contributed by atoms with Crippen molar-refractivity contribution in [3.8, 4) is 0 Å². The number of morpholine rings is 1. The Morgan fingerprint density at radius 1 is 1.33 bits per heavy atom. The minimum Gasteiger partial charge on any atom is -0.378 e. The summed E-state index contributed by atoms with van der Waals surface area (Å²) in [7, 11) is 0. The predicted molar refractivity (Wildman–Crippen MR) is 70.2 cm³/mol. The van der Waals surface area contributed by atoms with Crippen LogP contribution in [0.25, 0.3) is 0 Å². The van der Waals surface area contributed by atoms with E-state index in [1.807, 2.05) is 4.90 Å². The highest BCUT2D eigenvalue weighted by atomic mass is 16.5. The van der Waals surface area contributed by atoms with Gasteiger partial charge in [-0.2, -0.15) is 0 Å². The van der Waals surface area contributed by atoms with Crippen LogP contribution in [-0.2, 0) is 9.53 Å². The van der Waals surface area contributed by atoms with Crippen LogP contribution in [0.4, 0.5) is 0 Å². The zero-order chi connectivity index (χ0) is 13.0. The Morgan fingerprint density at radius 2 is 2.06 bits per heavy atom. The summed E-state index contributed by atoms with van der Waals surface area (Å²) in [5.74, 6) is 0.826. The first-order valence-electron chi connectivity index (χ1n) is 7.02. The highest BCUT2D eigenvalue weighted by Crippen LogP contribution is 2.22. The van der Waals surface area contributed by atoms with E-state index in [2.05, 4.69) is 11.8 Å². The van der Waals surface area contributed by atoms with Crippen molar-refractivity contribution in [2.75, 3.05) is 45.9 Å². The molecular weight excluding hydrogens is 230 g/mol. The van der Waals surface area contributed by atoms with Crippen LogP contribution < -0.4 is 5.73 Å². The molecule has 2 fully saturated rings. The first kappa shape index (κ1) is 13.8. The lowest BCUT2D eigenvalue weighted by Gasteiger charge is -2.40. The van der Waals surface area contributed by atoms with E-state index in [9.17, 15) is 4.79 Å². The number of amides is 1. The normalized spacial score (nSPS) is 30.4. The molecule has 2 N–H and O–H groups in total. The minimum atomic E-state index is 0.228. The number of piperidine rings is 1. The molecule has 2 saturated heterocycles. The van der Waals surface area contributed by atoms with Crippen molar-refractivity contribution in [3.05, 3.63) is 0 Å². The maximum absolute atomic E-state index is 12.2. The Kier molecular flexibility index (Phi) is 4.97. The molecular formula is C13H25N3O2. The molecule has 2 rings (SSSR count). The van der Waals surface area contributed by atoms with Crippen LogP contribution in [0.2, 0.25) is 0 Å². The largest absolute Gasteiger partial charge is 0.378 e. The summed E-state index contributed by atoms with van der Waals surface area (Å²) >= 11 is 0. The van der Waals surface area contributed by atoms with Crippen molar-refractivity contribution in [2.45, 2.75) is 25.8 Å². The van der Waals surface area contributed by atoms with E-state index in [1.165, 1.54) is 12.8 Å². The Hall–Kier alpha value is -0.650. The van der Waals surface area contributed by atoms with Gasteiger partial charge in [-0.05, 0) is 25.3 Å². The van der Waals surface area contributed by atoms with Gasteiger partial charge in [-0.3, -0.25) is 9.69 Å². The van der Waals surface area contributed by atoms with E-state index in [4.69, 9.17) is 10.5 Å². The molecule has 104 valence electrons. The van der Waals surface area contributed by atoms with Crippen molar-refractivity contribution < 1.29 is 9.53 Å². The van der Waals surface area contributed by atoms with Gasteiger partial charge < -0.3 is 15.4 Å². The van der Waals surface area contributed by atoms with Gasteiger partial charge in [0, 0.05) is 25.7 Å². The standard InChI is InChI=1S/C13H25N3O2/c1-11-3-2-4-16(12(11)9-14)10-13(17)15-5-7-18-8-6-15/h11-12H,2-10,14H2,1H3. The number of nitrogens with zero attached hydrogens (tertiary/aromatic N) is 2. The lowest BCUT2D eigenvalue weighted by Crippen LogP contribution is -2.53. The van der Waals surface area contributed by atoms with Gasteiger partial charge in [-0.25, -0.2) is 0 Å². The van der Waals surface area contributed by atoms with Gasteiger partial charge in [-0.1, -0.05) is 6.92 Å². The van der Waals surface area contributed by atoms with Gasteiger partial charge in [0.2, 0.25) is 5.91 Å². The van der Waals surface area contributed by atoms with Crippen LogP contribution in [-0.4, -0.2) is 67.7 Å². The van der Waals surface area contributed by atoms with Crippen molar-refractivity contribution in [3.63, 3.8) is 0 Å². The molecule has 0 saturated carbocycles. The van der Waals surface area contributed by atoms with Gasteiger partial charge in [0.15, 0.2) is 0 Å². The predicted octanol–water partition coefficient (Wildman–Crippen LogP) is -0.0956. The molecule has 1 amide bonds. The summed E-state index contributed by atoms with van der Waals surface area (Å²) in [6.07, 6.45) is 2.40. The number of carbonyl (C=O) groups is 1. The number of likely N-dealkylation sites (tertiary alicyclic amines) is 1. The van der Waals surface area contributed by atoms with Crippen molar-refractivity contribution in [2.24, 2.45) is 11.7 Å². The highest BCUT2D eigenvalue weighted by molar-refractivity contribution is 5.78. The molecule has 0 aromatic rings. The van der Waals surface area contributed by atoms with Crippen LogP contribution in [0.1, 0.15) is 19.8 Å². The minimum absolute atomic E-state index is 0.228. The lowest BCUT2D eigenvalue weighted by molar-refractivity contribution is -0.137. The Morgan fingerprint density at radius 3 is 2.72 bits per heavy atom. The second kappa shape index (κ2) is 6.50. The van der Waals surface area contributed by atoms with Gasteiger partial charge >= 0.3 is 0 Å². The van der Waals surface area contributed by atoms with Crippen molar-refractivity contribution in [1.29, 1.82) is 0 Å². The molecule has 2 heterocycles. The molecule has 0 aromatic carbocycles. The first-order valence-corrected chi connectivity index (χ1v) is 7.02. The van der Waals surface area contributed by atoms with Crippen LogP contribution in [0.5, 0.6) is 0 Å². The summed E-state index contributed by atoms with van der Waals surface area (Å²) in [5, 5.41) is 0. The van der Waals surface area contributed by atoms with Crippen LogP contribution >= 0.6 is 0 Å². The Balaban J connectivity index is 1.88. The summed E-state index contributed by atoms with van der Waals surface area (Å²) < 4.78 is 5.27. The van der Waals surface area contributed by atoms with Crippen LogP contribution in [0.15, 0.2) is 0 Å². The number of hydrogen-bond acceptors (Lipinski definition) is 4. The SMILES string of the molecule is CC1CCCN(CC(=O)N2CCOCC2)C1CN. The molecule has 2 atom stereocenters. The van der Waals surface area contributed by atoms with E-state index in [-0.39, 0.29) is 5.91 Å². The molecule has 0 aliphatic carbocycles. The summed E-state index contributed by atoms with van der Waals surface area (Å²) in [6.45, 7) is 7.21. The molecule has 0 radical (unpaired) electrons. The Labute approximate surface area is 109 Å². The van der Waals surface area contributed by atoms with Gasteiger partial charge in [0.25, 0.3) is 0 Å². The first-order chi connectivity index (χ1) is 8.72. The van der Waals surface area contributed by atoms with E-state index >= 15 is 0 Å². The van der Waals surface area contributed by atoms with E-state index in [1.54, 1.807) is 0 Å². The molecule has 5 heteroatoms. The lowest BCUT2D eigenvalue weighted by atomic mass is 9.91. The van der Waals surface area contributed by atoms with Gasteiger partial charge in [0.1, 0.15) is 0 Å². The maximum Gasteiger partial charge on any atom is 0.236 e. The smallest absolute Gasteiger partial charge is 0.236 e. The fraction of sp³-hybridized carbons (Fsp3) is 0.923. The van der Waals surface area contributed by atoms with Crippen molar-refractivity contribution >= 4 is 5.91 Å². The average Bonchev–Trinajstić information content (AvgIpc) is 2.40. The highest BCUT2D eigenvalue weighted by Gasteiger charge is 2.30. The second-order valence-corrected chi connectivity index (χ2v) is 5.39. The molecule has 2 aliphatic rings. The summed E-state index contributed by atoms with van der Waals surface area (Å²) in [4.78, 5) is 16.4. The number of ether oxygens (including phenoxy) is 1. The zero-order valence-corrected chi connectivity index (χ0v) is 11.3. The second-order valence-electron chi connectivity index (χ2n) is 5.39.